The average Bonchev–Trinajstić information content (AvgIpc) is 3.10. The topological polar surface area (TPSA) is 138 Å². The molecule has 0 spiro atoms. The summed E-state index contributed by atoms with van der Waals surface area (Å²) in [5, 5.41) is 10.7. The van der Waals surface area contributed by atoms with E-state index in [1.165, 1.54) is 70.1 Å². The molecule has 2 fully saturated rings. The molecular formula is C35H35F2NO10S2. The fourth-order valence-electron chi connectivity index (χ4n) is 5.51. The molecule has 15 heteroatoms. The van der Waals surface area contributed by atoms with Gasteiger partial charge in [-0.2, -0.15) is 0 Å². The summed E-state index contributed by atoms with van der Waals surface area (Å²) in [5.74, 6) is -0.736. The van der Waals surface area contributed by atoms with Gasteiger partial charge < -0.3 is 33.7 Å². The first-order valence-corrected chi connectivity index (χ1v) is 18.4. The summed E-state index contributed by atoms with van der Waals surface area (Å²) in [6, 6.07) is 17.4. The van der Waals surface area contributed by atoms with Crippen molar-refractivity contribution >= 4 is 51.5 Å². The first-order chi connectivity index (χ1) is 24.2. The number of hydrogen-bond donors (Lipinski definition) is 1. The number of carbonyl (C=O) groups excluding carboxylic acids is 4. The van der Waals surface area contributed by atoms with Gasteiger partial charge in [-0.15, -0.1) is 0 Å². The zero-order valence-electron chi connectivity index (χ0n) is 26.7. The summed E-state index contributed by atoms with van der Waals surface area (Å²) in [6.45, 7) is 0.406. The first kappa shape index (κ1) is 36.9. The predicted molar refractivity (Wildman–Crippen MR) is 180 cm³/mol. The highest BCUT2D eigenvalue weighted by Gasteiger charge is 2.48. The number of esters is 1. The second-order valence-corrected chi connectivity index (χ2v) is 14.0. The van der Waals surface area contributed by atoms with Crippen LogP contribution in [-0.4, -0.2) is 66.7 Å². The molecule has 2 saturated heterocycles. The molecule has 5 rings (SSSR count). The van der Waals surface area contributed by atoms with Crippen molar-refractivity contribution in [3.05, 3.63) is 95.6 Å². The molecule has 4 atom stereocenters. The number of amides is 1. The molecule has 50 heavy (non-hydrogen) atoms. The number of carbonyl (C=O) groups is 4. The largest absolute Gasteiger partial charge is 0.513 e. The van der Waals surface area contributed by atoms with Crippen LogP contribution in [0.1, 0.15) is 49.0 Å². The van der Waals surface area contributed by atoms with Gasteiger partial charge in [0.25, 0.3) is 0 Å². The van der Waals surface area contributed by atoms with E-state index in [-0.39, 0.29) is 44.3 Å². The van der Waals surface area contributed by atoms with E-state index in [2.05, 4.69) is 0 Å². The zero-order chi connectivity index (χ0) is 35.5. The molecule has 0 radical (unpaired) electrons. The summed E-state index contributed by atoms with van der Waals surface area (Å²) < 4.78 is 52.3. The monoisotopic (exact) mass is 731 g/mol. The average molecular weight is 732 g/mol. The Labute approximate surface area is 294 Å². The van der Waals surface area contributed by atoms with E-state index in [0.29, 0.717) is 35.6 Å². The minimum absolute atomic E-state index is 0.0164. The summed E-state index contributed by atoms with van der Waals surface area (Å²) in [6.07, 6.45) is -2.07. The third-order valence-electron chi connectivity index (χ3n) is 7.96. The maximum absolute atomic E-state index is 13.6. The Hall–Kier alpha value is -4.34. The van der Waals surface area contributed by atoms with E-state index >= 15 is 0 Å². The number of anilines is 1. The van der Waals surface area contributed by atoms with Gasteiger partial charge in [0.15, 0.2) is 0 Å². The molecule has 2 heterocycles. The van der Waals surface area contributed by atoms with Crippen LogP contribution in [0.3, 0.4) is 0 Å². The molecule has 2 aliphatic heterocycles. The summed E-state index contributed by atoms with van der Waals surface area (Å²) >= 11 is 0. The Morgan fingerprint density at radius 2 is 1.50 bits per heavy atom. The van der Waals surface area contributed by atoms with Crippen LogP contribution in [0.2, 0.25) is 0 Å². The minimum Gasteiger partial charge on any atom is -0.465 e. The van der Waals surface area contributed by atoms with Gasteiger partial charge in [0, 0.05) is 23.6 Å². The fraction of sp³-hybridized carbons (Fsp3) is 0.371. The Morgan fingerprint density at radius 3 is 2.14 bits per heavy atom. The summed E-state index contributed by atoms with van der Waals surface area (Å²) in [7, 11) is 2.83. The molecule has 1 N–H and O–H groups in total. The number of aliphatic hydroxyl groups excluding tert-OH is 1. The molecule has 3 aromatic rings. The van der Waals surface area contributed by atoms with Crippen molar-refractivity contribution in [1.29, 1.82) is 0 Å². The van der Waals surface area contributed by atoms with E-state index in [1.54, 1.807) is 29.2 Å². The summed E-state index contributed by atoms with van der Waals surface area (Å²) in [4.78, 5) is 50.1. The van der Waals surface area contributed by atoms with Crippen molar-refractivity contribution in [2.24, 2.45) is 5.92 Å². The van der Waals surface area contributed by atoms with E-state index in [0.717, 1.165) is 5.56 Å². The molecule has 1 amide bonds. The lowest BCUT2D eigenvalue weighted by Gasteiger charge is -2.48. The number of hydrogen-bond acceptors (Lipinski definition) is 12. The van der Waals surface area contributed by atoms with Crippen molar-refractivity contribution in [2.75, 3.05) is 36.2 Å². The van der Waals surface area contributed by atoms with Gasteiger partial charge in [-0.05, 0) is 72.5 Å². The van der Waals surface area contributed by atoms with Gasteiger partial charge in [-0.25, -0.2) is 18.4 Å². The molecule has 0 bridgehead atoms. The van der Waals surface area contributed by atoms with Gasteiger partial charge in [0.1, 0.15) is 36.7 Å². The lowest BCUT2D eigenvalue weighted by Crippen LogP contribution is -2.55. The molecule has 0 saturated carbocycles. The van der Waals surface area contributed by atoms with Crippen LogP contribution < -0.4 is 9.64 Å². The van der Waals surface area contributed by atoms with Crippen LogP contribution in [0.4, 0.5) is 24.1 Å². The molecule has 266 valence electrons. The number of nitrogens with zero attached hydrogens (tertiary/aromatic N) is 1. The van der Waals surface area contributed by atoms with Gasteiger partial charge >= 0.3 is 18.3 Å². The van der Waals surface area contributed by atoms with Crippen molar-refractivity contribution in [1.82, 2.24) is 0 Å². The number of rotatable bonds is 15. The summed E-state index contributed by atoms with van der Waals surface area (Å²) in [5.41, 5.74) is 1.82. The molecule has 2 aliphatic rings. The Morgan fingerprint density at radius 1 is 0.880 bits per heavy atom. The maximum atomic E-state index is 13.6. The van der Waals surface area contributed by atoms with Crippen molar-refractivity contribution < 1.29 is 56.7 Å². The number of ether oxygens (including phenoxy) is 5. The van der Waals surface area contributed by atoms with Crippen LogP contribution in [0.15, 0.2) is 72.8 Å². The standard InChI is InChI=1S/C35H35F2NO10S2/c36-24-5-1-22(2-6-24)30(39)14-13-29-32(38(33(29)41)26-9-7-25(37)8-10-26)23-3-11-27(12-4-23)47-34(42)45-17-19-49-50-20-18-46-35(43)48-28-15-16-44-31(40)21-28/h1-12,28-30,32,39H,13-21H2/t28-,29-,30+,32?/m1/s1. The van der Waals surface area contributed by atoms with Crippen LogP contribution >= 0.6 is 21.6 Å². The van der Waals surface area contributed by atoms with E-state index in [1.807, 2.05) is 0 Å². The first-order valence-electron chi connectivity index (χ1n) is 15.9. The predicted octanol–water partition coefficient (Wildman–Crippen LogP) is 6.94. The van der Waals surface area contributed by atoms with E-state index in [9.17, 15) is 33.1 Å². The highest BCUT2D eigenvalue weighted by Crippen LogP contribution is 2.46. The fourth-order valence-corrected chi connectivity index (χ4v) is 7.16. The molecule has 11 nitrogen and oxygen atoms in total. The van der Waals surface area contributed by atoms with Crippen LogP contribution in [-0.2, 0) is 28.5 Å². The lowest BCUT2D eigenvalue weighted by molar-refractivity contribution is -0.152. The van der Waals surface area contributed by atoms with Crippen LogP contribution in [0.5, 0.6) is 5.75 Å². The number of benzene rings is 3. The van der Waals surface area contributed by atoms with Crippen molar-refractivity contribution in [2.45, 2.75) is 43.9 Å². The molecule has 1 unspecified atom stereocenters. The molecule has 0 aliphatic carbocycles. The Balaban J connectivity index is 1.05. The van der Waals surface area contributed by atoms with Crippen LogP contribution in [0.25, 0.3) is 0 Å². The Bertz CT molecular complexity index is 1610. The minimum atomic E-state index is -0.888. The second kappa shape index (κ2) is 18.1. The third kappa shape index (κ3) is 10.3. The molecular weight excluding hydrogens is 697 g/mol. The second-order valence-electron chi connectivity index (χ2n) is 11.3. The van der Waals surface area contributed by atoms with Gasteiger partial charge in [-0.1, -0.05) is 45.9 Å². The number of cyclic esters (lactones) is 1. The molecule has 3 aromatic carbocycles. The smallest absolute Gasteiger partial charge is 0.465 e. The third-order valence-corrected chi connectivity index (χ3v) is 10.3. The van der Waals surface area contributed by atoms with E-state index in [4.69, 9.17) is 23.7 Å². The zero-order valence-corrected chi connectivity index (χ0v) is 28.4. The maximum Gasteiger partial charge on any atom is 0.513 e. The van der Waals surface area contributed by atoms with Crippen molar-refractivity contribution in [3.8, 4) is 5.75 Å². The van der Waals surface area contributed by atoms with Gasteiger partial charge in [0.2, 0.25) is 5.91 Å². The lowest BCUT2D eigenvalue weighted by atomic mass is 9.78. The molecule has 0 aromatic heterocycles. The van der Waals surface area contributed by atoms with Gasteiger partial charge in [0.05, 0.1) is 31.1 Å². The number of aliphatic hydroxyl groups is 1. The SMILES string of the molecule is O=C1C[C@H](OC(=O)OCCSSCCOC(=O)Oc2ccc(C3[C@@H](CC[C@H](O)c4ccc(F)cc4)C(=O)N3c3ccc(F)cc3)cc2)CCO1. The highest BCUT2D eigenvalue weighted by molar-refractivity contribution is 8.76. The normalized spacial score (nSPS) is 19.2. The van der Waals surface area contributed by atoms with E-state index < -0.39 is 54.1 Å². The van der Waals surface area contributed by atoms with Gasteiger partial charge in [-0.3, -0.25) is 9.59 Å². The van der Waals surface area contributed by atoms with Crippen LogP contribution in [0, 0.1) is 17.6 Å². The number of halogens is 2. The quantitative estimate of drug-likeness (QED) is 0.0433. The van der Waals surface area contributed by atoms with Crippen molar-refractivity contribution in [3.63, 3.8) is 0 Å². The number of β-lactam (4-membered cyclic amide) rings is 1. The Kier molecular flexibility index (Phi) is 13.3. The highest BCUT2D eigenvalue weighted by atomic mass is 33.1.